The fourth-order valence-electron chi connectivity index (χ4n) is 3.98. The second-order valence-electron chi connectivity index (χ2n) is 7.70. The molecule has 164 valence electrons. The Balaban J connectivity index is 1.56. The van der Waals surface area contributed by atoms with E-state index in [0.717, 1.165) is 45.4 Å². The first kappa shape index (κ1) is 21.6. The molecule has 3 heterocycles. The number of hydrogen-bond acceptors (Lipinski definition) is 5. The molecule has 1 saturated heterocycles. The van der Waals surface area contributed by atoms with Crippen LogP contribution in [0.5, 0.6) is 5.75 Å². The Labute approximate surface area is 187 Å². The van der Waals surface area contributed by atoms with Crippen molar-refractivity contribution in [1.82, 2.24) is 14.8 Å². The SMILES string of the molecule is COc1ccc(C(CNC(=O)c2c(-n3cccc3)sc(C)c2C)N2CCOCC2)cc1. The van der Waals surface area contributed by atoms with Gasteiger partial charge in [0.15, 0.2) is 0 Å². The van der Waals surface area contributed by atoms with Crippen LogP contribution in [-0.2, 0) is 4.74 Å². The summed E-state index contributed by atoms with van der Waals surface area (Å²) in [6.45, 7) is 7.73. The molecule has 7 heteroatoms. The Hall–Kier alpha value is -2.61. The molecule has 1 aliphatic heterocycles. The number of carbonyl (C=O) groups is 1. The number of amides is 1. The smallest absolute Gasteiger partial charge is 0.254 e. The topological polar surface area (TPSA) is 55.7 Å². The highest BCUT2D eigenvalue weighted by atomic mass is 32.1. The molecule has 1 N–H and O–H groups in total. The van der Waals surface area contributed by atoms with Crippen LogP contribution in [0.1, 0.15) is 32.4 Å². The first-order valence-corrected chi connectivity index (χ1v) is 11.4. The van der Waals surface area contributed by atoms with E-state index in [-0.39, 0.29) is 11.9 Å². The molecule has 1 unspecified atom stereocenters. The zero-order valence-corrected chi connectivity index (χ0v) is 19.1. The van der Waals surface area contributed by atoms with Gasteiger partial charge >= 0.3 is 0 Å². The van der Waals surface area contributed by atoms with Crippen molar-refractivity contribution in [2.24, 2.45) is 0 Å². The van der Waals surface area contributed by atoms with Crippen LogP contribution in [-0.4, -0.2) is 55.3 Å². The molecule has 6 nitrogen and oxygen atoms in total. The number of nitrogens with one attached hydrogen (secondary N) is 1. The van der Waals surface area contributed by atoms with Crippen molar-refractivity contribution in [3.63, 3.8) is 0 Å². The lowest BCUT2D eigenvalue weighted by Crippen LogP contribution is -2.44. The molecule has 0 spiro atoms. The van der Waals surface area contributed by atoms with E-state index in [4.69, 9.17) is 9.47 Å². The maximum atomic E-state index is 13.3. The molecule has 1 atom stereocenters. The minimum Gasteiger partial charge on any atom is -0.497 e. The number of thiophene rings is 1. The van der Waals surface area contributed by atoms with Crippen LogP contribution in [0.3, 0.4) is 0 Å². The van der Waals surface area contributed by atoms with Gasteiger partial charge in [0.25, 0.3) is 5.91 Å². The molecule has 4 rings (SSSR count). The van der Waals surface area contributed by atoms with Gasteiger partial charge in [-0.25, -0.2) is 0 Å². The van der Waals surface area contributed by atoms with Crippen LogP contribution >= 0.6 is 11.3 Å². The van der Waals surface area contributed by atoms with Gasteiger partial charge in [0, 0.05) is 36.9 Å². The molecule has 3 aromatic rings. The number of ether oxygens (including phenoxy) is 2. The van der Waals surface area contributed by atoms with E-state index in [1.54, 1.807) is 18.4 Å². The van der Waals surface area contributed by atoms with Crippen molar-refractivity contribution in [2.75, 3.05) is 40.0 Å². The molecule has 31 heavy (non-hydrogen) atoms. The standard InChI is InChI=1S/C24H29N3O3S/c1-17-18(2)31-24(27-10-4-5-11-27)22(17)23(28)25-16-21(26-12-14-30-15-13-26)19-6-8-20(29-3)9-7-19/h4-11,21H,12-16H2,1-3H3,(H,25,28). The van der Waals surface area contributed by atoms with E-state index in [9.17, 15) is 4.79 Å². The summed E-state index contributed by atoms with van der Waals surface area (Å²) < 4.78 is 12.9. The molecule has 0 aliphatic carbocycles. The number of morpholine rings is 1. The van der Waals surface area contributed by atoms with Gasteiger partial charge in [-0.2, -0.15) is 0 Å². The molecule has 0 radical (unpaired) electrons. The average Bonchev–Trinajstić information content (AvgIpc) is 3.43. The summed E-state index contributed by atoms with van der Waals surface area (Å²) in [5, 5.41) is 4.18. The number of benzene rings is 1. The average molecular weight is 440 g/mol. The van der Waals surface area contributed by atoms with Gasteiger partial charge in [-0.3, -0.25) is 9.69 Å². The first-order valence-electron chi connectivity index (χ1n) is 10.6. The van der Waals surface area contributed by atoms with Gasteiger partial charge in [-0.15, -0.1) is 11.3 Å². The van der Waals surface area contributed by atoms with E-state index in [1.807, 2.05) is 48.1 Å². The third-order valence-electron chi connectivity index (χ3n) is 5.88. The zero-order valence-electron chi connectivity index (χ0n) is 18.3. The highest BCUT2D eigenvalue weighted by Crippen LogP contribution is 2.31. The summed E-state index contributed by atoms with van der Waals surface area (Å²) in [6, 6.07) is 12.1. The molecular weight excluding hydrogens is 410 g/mol. The minimum atomic E-state index is -0.0303. The molecule has 1 fully saturated rings. The number of rotatable bonds is 7. The van der Waals surface area contributed by atoms with Crippen LogP contribution in [0, 0.1) is 13.8 Å². The van der Waals surface area contributed by atoms with E-state index >= 15 is 0 Å². The minimum absolute atomic E-state index is 0.0303. The number of nitrogens with zero attached hydrogens (tertiary/aromatic N) is 2. The van der Waals surface area contributed by atoms with Crippen molar-refractivity contribution in [2.45, 2.75) is 19.9 Å². The van der Waals surface area contributed by atoms with Crippen molar-refractivity contribution < 1.29 is 14.3 Å². The van der Waals surface area contributed by atoms with Gasteiger partial charge in [-0.1, -0.05) is 12.1 Å². The van der Waals surface area contributed by atoms with Gasteiger partial charge in [0.2, 0.25) is 0 Å². The second kappa shape index (κ2) is 9.68. The number of aryl methyl sites for hydroxylation is 1. The number of aromatic nitrogens is 1. The van der Waals surface area contributed by atoms with Crippen molar-refractivity contribution in [1.29, 1.82) is 0 Å². The fourth-order valence-corrected chi connectivity index (χ4v) is 5.10. The number of hydrogen-bond donors (Lipinski definition) is 1. The Morgan fingerprint density at radius 1 is 1.16 bits per heavy atom. The van der Waals surface area contributed by atoms with Gasteiger partial charge in [-0.05, 0) is 49.2 Å². The summed E-state index contributed by atoms with van der Waals surface area (Å²) in [6.07, 6.45) is 3.96. The van der Waals surface area contributed by atoms with Crippen molar-refractivity contribution in [3.8, 4) is 10.8 Å². The fraction of sp³-hybridized carbons (Fsp3) is 0.375. The monoisotopic (exact) mass is 439 g/mol. The van der Waals surface area contributed by atoms with E-state index in [2.05, 4.69) is 29.3 Å². The van der Waals surface area contributed by atoms with Crippen LogP contribution < -0.4 is 10.1 Å². The van der Waals surface area contributed by atoms with Crippen LogP contribution in [0.2, 0.25) is 0 Å². The highest BCUT2D eigenvalue weighted by Gasteiger charge is 2.25. The van der Waals surface area contributed by atoms with E-state index < -0.39 is 0 Å². The molecule has 2 aromatic heterocycles. The van der Waals surface area contributed by atoms with Crippen LogP contribution in [0.25, 0.3) is 5.00 Å². The lowest BCUT2D eigenvalue weighted by atomic mass is 10.0. The summed E-state index contributed by atoms with van der Waals surface area (Å²) in [7, 11) is 1.67. The van der Waals surface area contributed by atoms with Gasteiger partial charge in [0.1, 0.15) is 10.8 Å². The Morgan fingerprint density at radius 2 is 1.84 bits per heavy atom. The molecule has 1 amide bonds. The van der Waals surface area contributed by atoms with Crippen LogP contribution in [0.15, 0.2) is 48.8 Å². The predicted octanol–water partition coefficient (Wildman–Crippen LogP) is 3.97. The van der Waals surface area contributed by atoms with E-state index in [1.165, 1.54) is 0 Å². The molecule has 1 aliphatic rings. The zero-order chi connectivity index (χ0) is 21.8. The maximum Gasteiger partial charge on any atom is 0.254 e. The number of carbonyl (C=O) groups excluding carboxylic acids is 1. The third kappa shape index (κ3) is 4.69. The predicted molar refractivity (Wildman–Crippen MR) is 124 cm³/mol. The van der Waals surface area contributed by atoms with Crippen molar-refractivity contribution >= 4 is 17.2 Å². The molecule has 0 bridgehead atoms. The van der Waals surface area contributed by atoms with Gasteiger partial charge in [0.05, 0.1) is 31.9 Å². The second-order valence-corrected chi connectivity index (χ2v) is 8.90. The number of methoxy groups -OCH3 is 1. The van der Waals surface area contributed by atoms with Crippen LogP contribution in [0.4, 0.5) is 0 Å². The van der Waals surface area contributed by atoms with E-state index in [0.29, 0.717) is 19.8 Å². The lowest BCUT2D eigenvalue weighted by Gasteiger charge is -2.35. The first-order chi connectivity index (χ1) is 15.1. The Kier molecular flexibility index (Phi) is 6.75. The quantitative estimate of drug-likeness (QED) is 0.605. The Bertz CT molecular complexity index is 1010. The normalized spacial score (nSPS) is 15.6. The third-order valence-corrected chi connectivity index (χ3v) is 7.10. The van der Waals surface area contributed by atoms with Gasteiger partial charge < -0.3 is 19.4 Å². The Morgan fingerprint density at radius 3 is 2.48 bits per heavy atom. The van der Waals surface area contributed by atoms with Crippen molar-refractivity contribution in [3.05, 3.63) is 70.4 Å². The summed E-state index contributed by atoms with van der Waals surface area (Å²) in [4.78, 5) is 16.9. The molecule has 0 saturated carbocycles. The highest BCUT2D eigenvalue weighted by molar-refractivity contribution is 7.15. The largest absolute Gasteiger partial charge is 0.497 e. The summed E-state index contributed by atoms with van der Waals surface area (Å²) >= 11 is 1.65. The summed E-state index contributed by atoms with van der Waals surface area (Å²) in [5.41, 5.74) is 2.96. The lowest BCUT2D eigenvalue weighted by molar-refractivity contribution is 0.0162. The molecule has 1 aromatic carbocycles. The summed E-state index contributed by atoms with van der Waals surface area (Å²) in [5.74, 6) is 0.798. The molecular formula is C24H29N3O3S. The maximum absolute atomic E-state index is 13.3.